The summed E-state index contributed by atoms with van der Waals surface area (Å²) >= 11 is 12.3. The van der Waals surface area contributed by atoms with Crippen molar-refractivity contribution < 1.29 is 19.4 Å². The van der Waals surface area contributed by atoms with Gasteiger partial charge in [-0.15, -0.1) is 0 Å². The van der Waals surface area contributed by atoms with Crippen LogP contribution in [0.2, 0.25) is 10.0 Å². The summed E-state index contributed by atoms with van der Waals surface area (Å²) in [7, 11) is 0. The van der Waals surface area contributed by atoms with E-state index < -0.39 is 42.0 Å². The number of carbonyl (C=O) groups is 2. The third-order valence-electron chi connectivity index (χ3n) is 5.80. The van der Waals surface area contributed by atoms with Gasteiger partial charge in [0, 0.05) is 16.6 Å². The fourth-order valence-corrected chi connectivity index (χ4v) is 4.33. The Labute approximate surface area is 189 Å². The molecule has 2 fully saturated rings. The van der Waals surface area contributed by atoms with Gasteiger partial charge in [-0.25, -0.2) is 0 Å². The molecule has 1 aliphatic heterocycles. The van der Waals surface area contributed by atoms with Gasteiger partial charge in [0.1, 0.15) is 12.2 Å². The van der Waals surface area contributed by atoms with Gasteiger partial charge in [0.05, 0.1) is 23.9 Å². The number of hydrogen-bond acceptors (Lipinski definition) is 4. The number of nitriles is 1. The zero-order valence-electron chi connectivity index (χ0n) is 16.5. The number of carbonyl (C=O) groups excluding carboxylic acids is 1. The molecule has 2 aromatic carbocycles. The average molecular weight is 459 g/mol. The first kappa shape index (κ1) is 21.6. The van der Waals surface area contributed by atoms with Crippen LogP contribution in [0.3, 0.4) is 0 Å². The second-order valence-electron chi connectivity index (χ2n) is 8.05. The third-order valence-corrected chi connectivity index (χ3v) is 6.29. The summed E-state index contributed by atoms with van der Waals surface area (Å²) in [6.45, 7) is 0.214. The molecular weight excluding hydrogens is 439 g/mol. The van der Waals surface area contributed by atoms with E-state index in [0.717, 1.165) is 11.1 Å². The highest BCUT2D eigenvalue weighted by Crippen LogP contribution is 2.50. The highest BCUT2D eigenvalue weighted by molar-refractivity contribution is 6.30. The van der Waals surface area contributed by atoms with Crippen molar-refractivity contribution in [3.8, 4) is 6.07 Å². The normalized spacial score (nSPS) is 24.5. The molecule has 8 heteroatoms. The number of nitrogens with zero attached hydrogens (tertiary/aromatic N) is 2. The highest BCUT2D eigenvalue weighted by atomic mass is 35.5. The van der Waals surface area contributed by atoms with Crippen LogP contribution >= 0.6 is 23.2 Å². The van der Waals surface area contributed by atoms with E-state index in [4.69, 9.17) is 27.9 Å². The molecule has 1 N–H and O–H groups in total. The molecule has 0 spiro atoms. The van der Waals surface area contributed by atoms with Crippen LogP contribution in [0.25, 0.3) is 0 Å². The van der Waals surface area contributed by atoms with Gasteiger partial charge in [-0.3, -0.25) is 9.59 Å². The minimum Gasteiger partial charge on any atom is -0.481 e. The van der Waals surface area contributed by atoms with Gasteiger partial charge in [-0.2, -0.15) is 5.26 Å². The second kappa shape index (κ2) is 8.51. The van der Waals surface area contributed by atoms with Crippen LogP contribution in [0, 0.1) is 16.7 Å². The lowest BCUT2D eigenvalue weighted by Crippen LogP contribution is -2.53. The fraction of sp³-hybridized carbons (Fsp3) is 0.348. The minimum absolute atomic E-state index is 0.214. The molecule has 1 aliphatic carbocycles. The summed E-state index contributed by atoms with van der Waals surface area (Å²) in [6.07, 6.45) is -0.866. The number of carboxylic acids is 1. The molecule has 2 aliphatic rings. The number of benzene rings is 2. The van der Waals surface area contributed by atoms with E-state index in [-0.39, 0.29) is 6.54 Å². The van der Waals surface area contributed by atoms with E-state index >= 15 is 0 Å². The number of morpholine rings is 1. The monoisotopic (exact) mass is 458 g/mol. The summed E-state index contributed by atoms with van der Waals surface area (Å²) in [5.41, 5.74) is 0.900. The quantitative estimate of drug-likeness (QED) is 0.672. The molecule has 4 rings (SSSR count). The van der Waals surface area contributed by atoms with Crippen LogP contribution in [0.15, 0.2) is 48.5 Å². The Kier molecular flexibility index (Phi) is 5.94. The van der Waals surface area contributed by atoms with Crippen molar-refractivity contribution in [1.29, 1.82) is 5.26 Å². The van der Waals surface area contributed by atoms with Gasteiger partial charge in [0.25, 0.3) is 5.91 Å². The molecule has 0 radical (unpaired) electrons. The Hall–Kier alpha value is -2.59. The van der Waals surface area contributed by atoms with E-state index in [1.54, 1.807) is 35.2 Å². The zero-order valence-corrected chi connectivity index (χ0v) is 18.0. The van der Waals surface area contributed by atoms with E-state index in [9.17, 15) is 20.0 Å². The molecule has 1 saturated carbocycles. The van der Waals surface area contributed by atoms with Crippen LogP contribution in [0.4, 0.5) is 0 Å². The van der Waals surface area contributed by atoms with Crippen molar-refractivity contribution in [2.45, 2.75) is 37.5 Å². The maximum absolute atomic E-state index is 13.4. The Morgan fingerprint density at radius 1 is 1.16 bits per heavy atom. The van der Waals surface area contributed by atoms with Crippen LogP contribution in [0.1, 0.15) is 42.5 Å². The van der Waals surface area contributed by atoms with Gasteiger partial charge in [-0.1, -0.05) is 47.5 Å². The molecule has 1 saturated heterocycles. The first-order valence-corrected chi connectivity index (χ1v) is 10.7. The second-order valence-corrected chi connectivity index (χ2v) is 8.93. The molecule has 160 valence electrons. The molecule has 31 heavy (non-hydrogen) atoms. The Morgan fingerprint density at radius 2 is 1.87 bits per heavy atom. The number of halogens is 2. The third kappa shape index (κ3) is 4.54. The van der Waals surface area contributed by atoms with Gasteiger partial charge in [0.2, 0.25) is 0 Å². The molecule has 1 amide bonds. The van der Waals surface area contributed by atoms with E-state index in [2.05, 4.69) is 6.07 Å². The predicted octanol–water partition coefficient (Wildman–Crippen LogP) is 4.78. The standard InChI is InChI=1S/C23H20Cl2N2O4/c24-16-6-4-14(5-7-16)20-21(15-2-1-3-17(25)10-15)31-18(11-19(28)29)22(30)27(20)13-23(12-26)8-9-23/h1-7,10,18,20-21H,8-9,11,13H2,(H,28,29)/t18-,20+,21-/m1/s1. The SMILES string of the molecule is N#CC1(CN2C(=O)[C@@H](CC(=O)O)O[C@H](c3cccc(Cl)c3)[C@@H]2c2ccc(Cl)cc2)CC1. The molecule has 6 nitrogen and oxygen atoms in total. The van der Waals surface area contributed by atoms with Crippen LogP contribution in [-0.2, 0) is 14.3 Å². The summed E-state index contributed by atoms with van der Waals surface area (Å²) in [5, 5.41) is 20.0. The Balaban J connectivity index is 1.82. The maximum Gasteiger partial charge on any atom is 0.306 e. The van der Waals surface area contributed by atoms with Crippen LogP contribution in [0.5, 0.6) is 0 Å². The van der Waals surface area contributed by atoms with Crippen molar-refractivity contribution in [1.82, 2.24) is 4.90 Å². The highest BCUT2D eigenvalue weighted by Gasteiger charge is 2.51. The summed E-state index contributed by atoms with van der Waals surface area (Å²) in [5.74, 6) is -1.56. The fourth-order valence-electron chi connectivity index (χ4n) is 4.01. The number of amides is 1. The summed E-state index contributed by atoms with van der Waals surface area (Å²) in [6, 6.07) is 16.0. The molecule has 0 bridgehead atoms. The summed E-state index contributed by atoms with van der Waals surface area (Å²) < 4.78 is 6.10. The van der Waals surface area contributed by atoms with Crippen LogP contribution < -0.4 is 0 Å². The Morgan fingerprint density at radius 3 is 2.45 bits per heavy atom. The maximum atomic E-state index is 13.4. The molecule has 2 aromatic rings. The first-order chi connectivity index (χ1) is 14.8. The van der Waals surface area contributed by atoms with Gasteiger partial charge in [0.15, 0.2) is 0 Å². The molecular formula is C23H20Cl2N2O4. The lowest BCUT2D eigenvalue weighted by Gasteiger charge is -2.45. The number of hydrogen-bond donors (Lipinski definition) is 1. The topological polar surface area (TPSA) is 90.6 Å². The molecule has 0 unspecified atom stereocenters. The molecule has 1 heterocycles. The predicted molar refractivity (Wildman–Crippen MR) is 115 cm³/mol. The van der Waals surface area contributed by atoms with Crippen molar-refractivity contribution in [3.05, 3.63) is 69.7 Å². The molecule has 3 atom stereocenters. The summed E-state index contributed by atoms with van der Waals surface area (Å²) in [4.78, 5) is 26.4. The van der Waals surface area contributed by atoms with Gasteiger partial charge in [-0.05, 0) is 48.2 Å². The van der Waals surface area contributed by atoms with Crippen molar-refractivity contribution in [2.75, 3.05) is 6.54 Å². The van der Waals surface area contributed by atoms with Crippen molar-refractivity contribution in [2.24, 2.45) is 5.41 Å². The van der Waals surface area contributed by atoms with E-state index in [0.29, 0.717) is 22.9 Å². The van der Waals surface area contributed by atoms with Gasteiger partial charge >= 0.3 is 5.97 Å². The van der Waals surface area contributed by atoms with Gasteiger partial charge < -0.3 is 14.7 Å². The van der Waals surface area contributed by atoms with Crippen molar-refractivity contribution in [3.63, 3.8) is 0 Å². The smallest absolute Gasteiger partial charge is 0.306 e. The van der Waals surface area contributed by atoms with E-state index in [1.165, 1.54) is 0 Å². The number of rotatable bonds is 6. The zero-order chi connectivity index (χ0) is 22.2. The molecule has 0 aromatic heterocycles. The lowest BCUT2D eigenvalue weighted by atomic mass is 9.90. The van der Waals surface area contributed by atoms with E-state index in [1.807, 2.05) is 18.2 Å². The number of aliphatic carboxylic acids is 1. The number of carboxylic acid groups (broad SMARTS) is 1. The first-order valence-electron chi connectivity index (χ1n) is 9.92. The minimum atomic E-state index is -1.15. The largest absolute Gasteiger partial charge is 0.481 e. The van der Waals surface area contributed by atoms with Crippen molar-refractivity contribution >= 4 is 35.1 Å². The average Bonchev–Trinajstić information content (AvgIpc) is 3.51. The Bertz CT molecular complexity index is 1050. The number of ether oxygens (including phenoxy) is 1. The van der Waals surface area contributed by atoms with Crippen LogP contribution in [-0.4, -0.2) is 34.5 Å². The lowest BCUT2D eigenvalue weighted by molar-refractivity contribution is -0.179.